The number of nitrogens with one attached hydrogen (secondary N) is 1. The minimum Gasteiger partial charge on any atom is -0.341 e. The number of likely N-dealkylation sites (tertiary alicyclic amines) is 1. The lowest BCUT2D eigenvalue weighted by Crippen LogP contribution is -2.49. The van der Waals surface area contributed by atoms with Gasteiger partial charge in [0.2, 0.25) is 5.91 Å². The van der Waals surface area contributed by atoms with Crippen molar-refractivity contribution in [1.29, 1.82) is 0 Å². The summed E-state index contributed by atoms with van der Waals surface area (Å²) in [5, 5.41) is 4.51. The molecule has 6 nitrogen and oxygen atoms in total. The number of alkyl halides is 3. The lowest BCUT2D eigenvalue weighted by molar-refractivity contribution is -0.188. The molecule has 0 saturated carbocycles. The molecule has 0 radical (unpaired) electrons. The quantitative estimate of drug-likeness (QED) is 0.755. The molecule has 164 valence electrons. The van der Waals surface area contributed by atoms with Crippen LogP contribution in [0.15, 0.2) is 42.5 Å². The van der Waals surface area contributed by atoms with Crippen LogP contribution < -0.4 is 5.32 Å². The number of hydrogen-bond donors (Lipinski definition) is 1. The third-order valence-electron chi connectivity index (χ3n) is 6.13. The molecule has 0 aromatic heterocycles. The summed E-state index contributed by atoms with van der Waals surface area (Å²) in [6, 6.07) is 12.2. The molecule has 0 spiro atoms. The van der Waals surface area contributed by atoms with E-state index in [0.717, 1.165) is 20.6 Å². The van der Waals surface area contributed by atoms with Crippen molar-refractivity contribution < 1.29 is 27.6 Å². The van der Waals surface area contributed by atoms with Gasteiger partial charge in [-0.15, -0.1) is 0 Å². The van der Waals surface area contributed by atoms with Crippen molar-refractivity contribution in [3.8, 4) is 0 Å². The van der Waals surface area contributed by atoms with Gasteiger partial charge in [0.05, 0.1) is 5.92 Å². The fourth-order valence-electron chi connectivity index (χ4n) is 4.24. The summed E-state index contributed by atoms with van der Waals surface area (Å²) in [6.45, 7) is 0.700. The Morgan fingerprint density at radius 2 is 1.87 bits per heavy atom. The van der Waals surface area contributed by atoms with Gasteiger partial charge in [0.15, 0.2) is 0 Å². The second kappa shape index (κ2) is 7.55. The molecular formula is C22H22F3N3O3. The number of hydrogen-bond acceptors (Lipinski definition) is 3. The predicted molar refractivity (Wildman–Crippen MR) is 107 cm³/mol. The van der Waals surface area contributed by atoms with Crippen molar-refractivity contribution in [2.45, 2.75) is 31.5 Å². The van der Waals surface area contributed by atoms with Crippen LogP contribution in [-0.2, 0) is 15.1 Å². The minimum atomic E-state index is -4.38. The van der Waals surface area contributed by atoms with Crippen LogP contribution in [0.3, 0.4) is 0 Å². The molecule has 31 heavy (non-hydrogen) atoms. The molecule has 2 aliphatic rings. The first-order chi connectivity index (χ1) is 14.6. The SMILES string of the molecule is C[C@]1(c2ccc3ccccc3c2)NC(=O)N(CC(=O)N2CCC[C@H](C(F)(F)F)C2)C1=O. The number of carbonyl (C=O) groups excluding carboxylic acids is 3. The Balaban J connectivity index is 1.52. The van der Waals surface area contributed by atoms with Gasteiger partial charge in [0, 0.05) is 13.1 Å². The molecule has 0 unspecified atom stereocenters. The zero-order valence-corrected chi connectivity index (χ0v) is 16.9. The molecule has 2 heterocycles. The molecule has 9 heteroatoms. The fourth-order valence-corrected chi connectivity index (χ4v) is 4.24. The van der Waals surface area contributed by atoms with Gasteiger partial charge >= 0.3 is 12.2 Å². The van der Waals surface area contributed by atoms with Crippen LogP contribution in [0.4, 0.5) is 18.0 Å². The number of nitrogens with zero attached hydrogens (tertiary/aromatic N) is 2. The van der Waals surface area contributed by atoms with Gasteiger partial charge in [-0.05, 0) is 42.2 Å². The van der Waals surface area contributed by atoms with Gasteiger partial charge in [-0.2, -0.15) is 13.2 Å². The van der Waals surface area contributed by atoms with Crippen LogP contribution in [0, 0.1) is 5.92 Å². The summed E-state index contributed by atoms with van der Waals surface area (Å²) in [4.78, 5) is 40.1. The molecule has 0 aliphatic carbocycles. The molecule has 4 rings (SSSR count). The van der Waals surface area contributed by atoms with Crippen LogP contribution in [0.1, 0.15) is 25.3 Å². The van der Waals surface area contributed by atoms with Crippen LogP contribution in [-0.4, -0.2) is 53.5 Å². The van der Waals surface area contributed by atoms with Crippen molar-refractivity contribution in [3.05, 3.63) is 48.0 Å². The highest BCUT2D eigenvalue weighted by molar-refractivity contribution is 6.09. The lowest BCUT2D eigenvalue weighted by Gasteiger charge is -2.34. The Kier molecular flexibility index (Phi) is 5.15. The Labute approximate surface area is 177 Å². The van der Waals surface area contributed by atoms with Gasteiger partial charge in [0.25, 0.3) is 5.91 Å². The average Bonchev–Trinajstić information content (AvgIpc) is 2.96. The van der Waals surface area contributed by atoms with Crippen LogP contribution in [0.2, 0.25) is 0 Å². The maximum Gasteiger partial charge on any atom is 0.393 e. The summed E-state index contributed by atoms with van der Waals surface area (Å²) in [6.07, 6.45) is -4.18. The number of fused-ring (bicyclic) bond motifs is 1. The van der Waals surface area contributed by atoms with E-state index < -0.39 is 48.6 Å². The zero-order valence-electron chi connectivity index (χ0n) is 16.9. The van der Waals surface area contributed by atoms with Crippen LogP contribution in [0.25, 0.3) is 10.8 Å². The molecule has 2 aliphatic heterocycles. The second-order valence-electron chi connectivity index (χ2n) is 8.23. The highest BCUT2D eigenvalue weighted by Crippen LogP contribution is 2.34. The van der Waals surface area contributed by atoms with Gasteiger partial charge in [0.1, 0.15) is 12.1 Å². The van der Waals surface area contributed by atoms with Crippen molar-refractivity contribution in [3.63, 3.8) is 0 Å². The van der Waals surface area contributed by atoms with Crippen molar-refractivity contribution >= 4 is 28.6 Å². The van der Waals surface area contributed by atoms with Crippen LogP contribution >= 0.6 is 0 Å². The van der Waals surface area contributed by atoms with Gasteiger partial charge < -0.3 is 10.2 Å². The Morgan fingerprint density at radius 1 is 1.16 bits per heavy atom. The number of benzene rings is 2. The number of amides is 4. The maximum absolute atomic E-state index is 13.1. The van der Waals surface area contributed by atoms with E-state index in [2.05, 4.69) is 5.32 Å². The van der Waals surface area contributed by atoms with Crippen LogP contribution in [0.5, 0.6) is 0 Å². The standard InChI is InChI=1S/C22H22F3N3O3/c1-21(16-9-8-14-5-2-3-6-15(14)11-16)19(30)28(20(31)26-21)13-18(29)27-10-4-7-17(12-27)22(23,24)25/h2-3,5-6,8-9,11,17H,4,7,10,12-13H2,1H3,(H,26,31)/t17-,21+/m0/s1. The first-order valence-corrected chi connectivity index (χ1v) is 10.1. The molecule has 2 fully saturated rings. The lowest BCUT2D eigenvalue weighted by atomic mass is 9.90. The second-order valence-corrected chi connectivity index (χ2v) is 8.23. The Morgan fingerprint density at radius 3 is 2.58 bits per heavy atom. The van der Waals surface area contributed by atoms with E-state index in [1.807, 2.05) is 30.3 Å². The number of imide groups is 1. The van der Waals surface area contributed by atoms with E-state index in [9.17, 15) is 27.6 Å². The molecule has 1 N–H and O–H groups in total. The van der Waals surface area contributed by atoms with Crippen molar-refractivity contribution in [2.24, 2.45) is 5.92 Å². The first kappa shape index (κ1) is 21.1. The minimum absolute atomic E-state index is 0.0313. The van der Waals surface area contributed by atoms with Gasteiger partial charge in [-0.3, -0.25) is 14.5 Å². The van der Waals surface area contributed by atoms with E-state index in [1.165, 1.54) is 0 Å². The number of piperidine rings is 1. The third-order valence-corrected chi connectivity index (χ3v) is 6.13. The predicted octanol–water partition coefficient (Wildman–Crippen LogP) is 3.41. The molecule has 2 aromatic carbocycles. The van der Waals surface area contributed by atoms with Gasteiger partial charge in [-0.1, -0.05) is 36.4 Å². The van der Waals surface area contributed by atoms with Gasteiger partial charge in [-0.25, -0.2) is 4.79 Å². The van der Waals surface area contributed by atoms with E-state index in [0.29, 0.717) is 5.56 Å². The summed E-state index contributed by atoms with van der Waals surface area (Å²) in [5.74, 6) is -2.86. The normalized spacial score (nSPS) is 24.6. The molecule has 0 bridgehead atoms. The summed E-state index contributed by atoms with van der Waals surface area (Å²) in [7, 11) is 0. The Bertz CT molecular complexity index is 1050. The molecule has 4 amide bonds. The number of halogens is 3. The fraction of sp³-hybridized carbons (Fsp3) is 0.409. The van der Waals surface area contributed by atoms with E-state index in [4.69, 9.17) is 0 Å². The Hall–Kier alpha value is -3.10. The highest BCUT2D eigenvalue weighted by Gasteiger charge is 2.50. The zero-order chi connectivity index (χ0) is 22.4. The van der Waals surface area contributed by atoms with Crippen molar-refractivity contribution in [1.82, 2.24) is 15.1 Å². The topological polar surface area (TPSA) is 69.7 Å². The molecule has 2 aromatic rings. The molecule has 2 saturated heterocycles. The molecular weight excluding hydrogens is 411 g/mol. The average molecular weight is 433 g/mol. The monoisotopic (exact) mass is 433 g/mol. The largest absolute Gasteiger partial charge is 0.393 e. The molecule has 2 atom stereocenters. The third kappa shape index (κ3) is 3.84. The van der Waals surface area contributed by atoms with Crippen molar-refractivity contribution in [2.75, 3.05) is 19.6 Å². The maximum atomic E-state index is 13.1. The van der Waals surface area contributed by atoms with E-state index in [1.54, 1.807) is 19.1 Å². The number of carbonyl (C=O) groups is 3. The van der Waals surface area contributed by atoms with E-state index >= 15 is 0 Å². The highest BCUT2D eigenvalue weighted by atomic mass is 19.4. The van der Waals surface area contributed by atoms with E-state index in [-0.39, 0.29) is 19.4 Å². The number of urea groups is 1. The first-order valence-electron chi connectivity index (χ1n) is 10.1. The summed E-state index contributed by atoms with van der Waals surface area (Å²) < 4.78 is 39.1. The summed E-state index contributed by atoms with van der Waals surface area (Å²) in [5.41, 5.74) is -0.799. The summed E-state index contributed by atoms with van der Waals surface area (Å²) >= 11 is 0. The number of rotatable bonds is 3. The smallest absolute Gasteiger partial charge is 0.341 e.